The second-order valence-electron chi connectivity index (χ2n) is 5.63. The molecule has 0 radical (unpaired) electrons. The summed E-state index contributed by atoms with van der Waals surface area (Å²) in [7, 11) is -0.929. The lowest BCUT2D eigenvalue weighted by molar-refractivity contribution is 0.530. The molecular formula is C16H26IN3OS. The van der Waals surface area contributed by atoms with Crippen molar-refractivity contribution in [3.8, 4) is 0 Å². The highest BCUT2D eigenvalue weighted by atomic mass is 127. The lowest BCUT2D eigenvalue weighted by atomic mass is 10.1. The van der Waals surface area contributed by atoms with Gasteiger partial charge in [0.15, 0.2) is 5.96 Å². The molecule has 124 valence electrons. The Balaban J connectivity index is 0.00000242. The van der Waals surface area contributed by atoms with Crippen molar-refractivity contribution >= 4 is 40.7 Å². The maximum atomic E-state index is 11.3. The highest BCUT2D eigenvalue weighted by Crippen LogP contribution is 2.17. The van der Waals surface area contributed by atoms with E-state index in [0.29, 0.717) is 18.5 Å². The first kappa shape index (κ1) is 19.4. The van der Waals surface area contributed by atoms with Crippen molar-refractivity contribution in [2.75, 3.05) is 6.26 Å². The molecule has 0 aromatic heterocycles. The quantitative estimate of drug-likeness (QED) is 0.331. The van der Waals surface area contributed by atoms with Crippen LogP contribution in [-0.4, -0.2) is 22.5 Å². The van der Waals surface area contributed by atoms with Gasteiger partial charge >= 0.3 is 0 Å². The number of halogens is 1. The van der Waals surface area contributed by atoms with E-state index in [2.05, 4.69) is 10.3 Å². The Morgan fingerprint density at radius 3 is 2.36 bits per heavy atom. The van der Waals surface area contributed by atoms with Crippen LogP contribution in [0.3, 0.4) is 0 Å². The monoisotopic (exact) mass is 435 g/mol. The Kier molecular flexibility index (Phi) is 9.00. The van der Waals surface area contributed by atoms with E-state index in [0.717, 1.165) is 10.5 Å². The van der Waals surface area contributed by atoms with E-state index in [9.17, 15) is 4.21 Å². The van der Waals surface area contributed by atoms with Gasteiger partial charge in [-0.25, -0.2) is 4.99 Å². The summed E-state index contributed by atoms with van der Waals surface area (Å²) in [5.41, 5.74) is 7.05. The topological polar surface area (TPSA) is 67.5 Å². The van der Waals surface area contributed by atoms with E-state index in [-0.39, 0.29) is 24.0 Å². The number of hydrogen-bond acceptors (Lipinski definition) is 2. The first-order valence-corrected chi connectivity index (χ1v) is 9.20. The SMILES string of the molecule is CS(=O)c1ccc(CN=C(N)NC2CCCCCC2)cc1.I. The number of hydrogen-bond donors (Lipinski definition) is 2. The minimum atomic E-state index is -0.929. The minimum absolute atomic E-state index is 0. The van der Waals surface area contributed by atoms with Crippen LogP contribution in [0.2, 0.25) is 0 Å². The van der Waals surface area contributed by atoms with E-state index >= 15 is 0 Å². The van der Waals surface area contributed by atoms with Crippen LogP contribution >= 0.6 is 24.0 Å². The predicted molar refractivity (Wildman–Crippen MR) is 104 cm³/mol. The van der Waals surface area contributed by atoms with Crippen molar-refractivity contribution in [2.45, 2.75) is 56.0 Å². The number of nitrogens with one attached hydrogen (secondary N) is 1. The van der Waals surface area contributed by atoms with Crippen molar-refractivity contribution in [3.63, 3.8) is 0 Å². The van der Waals surface area contributed by atoms with E-state index in [1.54, 1.807) is 6.26 Å². The molecule has 3 N–H and O–H groups in total. The Morgan fingerprint density at radius 1 is 1.23 bits per heavy atom. The van der Waals surface area contributed by atoms with Crippen LogP contribution in [0.15, 0.2) is 34.2 Å². The molecule has 1 aromatic carbocycles. The molecule has 1 saturated carbocycles. The van der Waals surface area contributed by atoms with Crippen molar-refractivity contribution in [1.29, 1.82) is 0 Å². The van der Waals surface area contributed by atoms with Gasteiger partial charge in [0.1, 0.15) is 0 Å². The molecule has 4 nitrogen and oxygen atoms in total. The summed E-state index contributed by atoms with van der Waals surface area (Å²) >= 11 is 0. The molecule has 0 spiro atoms. The van der Waals surface area contributed by atoms with Gasteiger partial charge in [-0.05, 0) is 30.5 Å². The molecular weight excluding hydrogens is 409 g/mol. The third-order valence-corrected chi connectivity index (χ3v) is 4.83. The molecule has 22 heavy (non-hydrogen) atoms. The van der Waals surface area contributed by atoms with Crippen molar-refractivity contribution in [3.05, 3.63) is 29.8 Å². The lowest BCUT2D eigenvalue weighted by Gasteiger charge is -2.16. The normalized spacial score (nSPS) is 18.1. The molecule has 0 aliphatic heterocycles. The summed E-state index contributed by atoms with van der Waals surface area (Å²) in [5, 5.41) is 3.34. The Bertz CT molecular complexity index is 497. The summed E-state index contributed by atoms with van der Waals surface area (Å²) in [6.07, 6.45) is 9.28. The average molecular weight is 435 g/mol. The van der Waals surface area contributed by atoms with Crippen molar-refractivity contribution in [1.82, 2.24) is 5.32 Å². The Hall–Kier alpha value is -0.630. The number of rotatable bonds is 4. The zero-order valence-electron chi connectivity index (χ0n) is 13.1. The number of guanidine groups is 1. The van der Waals surface area contributed by atoms with Gasteiger partial charge in [0.2, 0.25) is 0 Å². The molecule has 1 unspecified atom stereocenters. The molecule has 1 aliphatic rings. The lowest BCUT2D eigenvalue weighted by Crippen LogP contribution is -2.39. The van der Waals surface area contributed by atoms with Gasteiger partial charge in [-0.3, -0.25) is 4.21 Å². The van der Waals surface area contributed by atoms with E-state index in [1.165, 1.54) is 38.5 Å². The smallest absolute Gasteiger partial charge is 0.189 e. The fourth-order valence-corrected chi connectivity index (χ4v) is 3.16. The van der Waals surface area contributed by atoms with Gasteiger partial charge in [-0.1, -0.05) is 37.8 Å². The fourth-order valence-electron chi connectivity index (χ4n) is 2.64. The first-order chi connectivity index (χ1) is 10.1. The van der Waals surface area contributed by atoms with Crippen LogP contribution < -0.4 is 11.1 Å². The Morgan fingerprint density at radius 2 is 1.82 bits per heavy atom. The third-order valence-electron chi connectivity index (χ3n) is 3.89. The zero-order chi connectivity index (χ0) is 15.1. The summed E-state index contributed by atoms with van der Waals surface area (Å²) in [6, 6.07) is 8.16. The zero-order valence-corrected chi connectivity index (χ0v) is 16.2. The van der Waals surface area contributed by atoms with Crippen LogP contribution in [-0.2, 0) is 17.3 Å². The van der Waals surface area contributed by atoms with Gasteiger partial charge < -0.3 is 11.1 Å². The van der Waals surface area contributed by atoms with Gasteiger partial charge in [-0.15, -0.1) is 24.0 Å². The third kappa shape index (κ3) is 6.64. The average Bonchev–Trinajstić information content (AvgIpc) is 2.74. The summed E-state index contributed by atoms with van der Waals surface area (Å²) < 4.78 is 11.3. The number of benzene rings is 1. The molecule has 2 rings (SSSR count). The maximum absolute atomic E-state index is 11.3. The predicted octanol–water partition coefficient (Wildman–Crippen LogP) is 3.17. The molecule has 0 bridgehead atoms. The van der Waals surface area contributed by atoms with E-state index in [1.807, 2.05) is 24.3 Å². The van der Waals surface area contributed by atoms with Gasteiger partial charge in [0.25, 0.3) is 0 Å². The summed E-state index contributed by atoms with van der Waals surface area (Å²) in [6.45, 7) is 0.558. The summed E-state index contributed by atoms with van der Waals surface area (Å²) in [4.78, 5) is 5.24. The highest BCUT2D eigenvalue weighted by Gasteiger charge is 2.12. The largest absolute Gasteiger partial charge is 0.370 e. The molecule has 6 heteroatoms. The molecule has 1 atom stereocenters. The van der Waals surface area contributed by atoms with Gasteiger partial charge in [0, 0.05) is 28.0 Å². The minimum Gasteiger partial charge on any atom is -0.370 e. The first-order valence-electron chi connectivity index (χ1n) is 7.64. The van der Waals surface area contributed by atoms with Gasteiger partial charge in [0.05, 0.1) is 6.54 Å². The molecule has 1 aromatic rings. The molecule has 1 fully saturated rings. The summed E-state index contributed by atoms with van der Waals surface area (Å²) in [5.74, 6) is 0.532. The number of aliphatic imine (C=N–C) groups is 1. The van der Waals surface area contributed by atoms with Crippen molar-refractivity contribution < 1.29 is 4.21 Å². The molecule has 0 heterocycles. The second kappa shape index (κ2) is 10.2. The van der Waals surface area contributed by atoms with Crippen LogP contribution in [0.25, 0.3) is 0 Å². The van der Waals surface area contributed by atoms with E-state index in [4.69, 9.17) is 5.73 Å². The van der Waals surface area contributed by atoms with Crippen LogP contribution in [0.5, 0.6) is 0 Å². The number of nitrogens with two attached hydrogens (primary N) is 1. The second-order valence-corrected chi connectivity index (χ2v) is 7.01. The number of nitrogens with zero attached hydrogens (tertiary/aromatic N) is 1. The van der Waals surface area contributed by atoms with Crippen LogP contribution in [0, 0.1) is 0 Å². The fraction of sp³-hybridized carbons (Fsp3) is 0.562. The molecule has 1 aliphatic carbocycles. The van der Waals surface area contributed by atoms with Crippen LogP contribution in [0.4, 0.5) is 0 Å². The maximum Gasteiger partial charge on any atom is 0.189 e. The van der Waals surface area contributed by atoms with Gasteiger partial charge in [-0.2, -0.15) is 0 Å². The van der Waals surface area contributed by atoms with E-state index < -0.39 is 10.8 Å². The van der Waals surface area contributed by atoms with Crippen molar-refractivity contribution in [2.24, 2.45) is 10.7 Å². The van der Waals surface area contributed by atoms with Crippen LogP contribution in [0.1, 0.15) is 44.1 Å². The molecule has 0 amide bonds. The highest BCUT2D eigenvalue weighted by molar-refractivity contribution is 14.0. The molecule has 0 saturated heterocycles. The standard InChI is InChI=1S/C16H25N3OS.HI/c1-21(20)15-10-8-13(9-11-15)12-18-16(17)19-14-6-4-2-3-5-7-14;/h8-11,14H,2-7,12H2,1H3,(H3,17,18,19);1H. The Labute approximate surface area is 152 Å².